The maximum atomic E-state index is 13.2. The van der Waals surface area contributed by atoms with E-state index in [1.165, 1.54) is 321 Å². The summed E-state index contributed by atoms with van der Waals surface area (Å²) in [5.41, 5.74) is 0. The molecule has 17 nitrogen and oxygen atoms in total. The molecular weight excluding hydrogens is 1430 g/mol. The first-order valence-electron chi connectivity index (χ1n) is 47.1. The Kier molecular flexibility index (Phi) is 82.1. The van der Waals surface area contributed by atoms with E-state index in [9.17, 15) is 43.2 Å². The van der Waals surface area contributed by atoms with Gasteiger partial charge in [0.25, 0.3) is 0 Å². The zero-order valence-corrected chi connectivity index (χ0v) is 74.2. The molecular formula is C91H178O17P2. The minimum atomic E-state index is -4.97. The average molecular weight is 1610 g/mol. The van der Waals surface area contributed by atoms with Gasteiger partial charge in [0.15, 0.2) is 12.2 Å². The number of rotatable bonds is 91. The lowest BCUT2D eigenvalue weighted by atomic mass is 10.0. The molecule has 0 aliphatic heterocycles. The van der Waals surface area contributed by atoms with E-state index in [1.54, 1.807) is 0 Å². The first-order chi connectivity index (χ1) is 53.5. The highest BCUT2D eigenvalue weighted by Gasteiger charge is 2.31. The Morgan fingerprint density at radius 2 is 0.418 bits per heavy atom. The molecule has 19 heteroatoms. The number of carbonyl (C=O) groups is 4. The molecule has 0 rings (SSSR count). The molecule has 3 N–H and O–H groups in total. The fourth-order valence-corrected chi connectivity index (χ4v) is 15.9. The minimum absolute atomic E-state index is 0.108. The van der Waals surface area contributed by atoms with Gasteiger partial charge in [-0.15, -0.1) is 0 Å². The Hall–Kier alpha value is -1.94. The summed E-state index contributed by atoms with van der Waals surface area (Å²) in [6.45, 7) is 7.41. The summed E-state index contributed by atoms with van der Waals surface area (Å²) in [7, 11) is -9.93. The van der Waals surface area contributed by atoms with Gasteiger partial charge >= 0.3 is 39.5 Å². The largest absolute Gasteiger partial charge is 0.472 e. The van der Waals surface area contributed by atoms with Crippen LogP contribution in [0.1, 0.15) is 497 Å². The molecule has 0 radical (unpaired) electrons. The van der Waals surface area contributed by atoms with Crippen LogP contribution in [0.15, 0.2) is 0 Å². The maximum Gasteiger partial charge on any atom is 0.472 e. The molecule has 110 heavy (non-hydrogen) atoms. The Labute approximate surface area is 677 Å². The molecule has 0 aliphatic rings. The quantitative estimate of drug-likeness (QED) is 0.0222. The van der Waals surface area contributed by atoms with Gasteiger partial charge in [0, 0.05) is 25.7 Å². The van der Waals surface area contributed by atoms with Gasteiger partial charge in [-0.25, -0.2) is 9.13 Å². The van der Waals surface area contributed by atoms with E-state index < -0.39 is 97.5 Å². The SMILES string of the molecule is CCCCCCCCCCCCCCCCCCCCCCCC(=O)OC[C@H](COP(=O)(O)OC[C@@H](O)COP(=O)(O)OC[C@@H](COC(=O)CCCCCCCCCCCCC)OC(=O)CCCCCCCCCCCCCCCCC(C)C)OC(=O)CCCCCCCCCCCCCCCCCCCCCCC. The van der Waals surface area contributed by atoms with Gasteiger partial charge in [0.05, 0.1) is 26.4 Å². The van der Waals surface area contributed by atoms with Gasteiger partial charge in [0.2, 0.25) is 0 Å². The number of unbranched alkanes of at least 4 members (excludes halogenated alkanes) is 63. The third-order valence-electron chi connectivity index (χ3n) is 21.5. The lowest BCUT2D eigenvalue weighted by molar-refractivity contribution is -0.161. The van der Waals surface area contributed by atoms with Gasteiger partial charge in [-0.2, -0.15) is 0 Å². The molecule has 0 aromatic carbocycles. The van der Waals surface area contributed by atoms with E-state index >= 15 is 0 Å². The van der Waals surface area contributed by atoms with E-state index in [-0.39, 0.29) is 25.7 Å². The second kappa shape index (κ2) is 83.5. The number of hydrogen-bond acceptors (Lipinski definition) is 15. The molecule has 2 unspecified atom stereocenters. The van der Waals surface area contributed by atoms with Crippen LogP contribution in [-0.4, -0.2) is 96.7 Å². The predicted molar refractivity (Wildman–Crippen MR) is 455 cm³/mol. The van der Waals surface area contributed by atoms with Crippen LogP contribution in [-0.2, 0) is 65.4 Å². The van der Waals surface area contributed by atoms with Crippen LogP contribution in [0.3, 0.4) is 0 Å². The fraction of sp³-hybridized carbons (Fsp3) is 0.956. The van der Waals surface area contributed by atoms with Crippen LogP contribution in [0, 0.1) is 5.92 Å². The highest BCUT2D eigenvalue weighted by molar-refractivity contribution is 7.47. The molecule has 0 aliphatic carbocycles. The van der Waals surface area contributed by atoms with E-state index in [4.69, 9.17) is 37.0 Å². The Morgan fingerprint density at radius 3 is 0.618 bits per heavy atom. The zero-order valence-electron chi connectivity index (χ0n) is 72.4. The normalized spacial score (nSPS) is 13.7. The highest BCUT2D eigenvalue weighted by atomic mass is 31.2. The first-order valence-corrected chi connectivity index (χ1v) is 50.1. The van der Waals surface area contributed by atoms with Crippen LogP contribution in [0.2, 0.25) is 0 Å². The van der Waals surface area contributed by atoms with Crippen molar-refractivity contribution in [3.8, 4) is 0 Å². The number of esters is 4. The summed E-state index contributed by atoms with van der Waals surface area (Å²) in [4.78, 5) is 73.4. The second-order valence-electron chi connectivity index (χ2n) is 33.2. The molecule has 0 fully saturated rings. The first kappa shape index (κ1) is 108. The van der Waals surface area contributed by atoms with E-state index in [1.807, 2.05) is 0 Å². The molecule has 654 valence electrons. The Balaban J connectivity index is 5.22. The maximum absolute atomic E-state index is 13.2. The summed E-state index contributed by atoms with van der Waals surface area (Å²) >= 11 is 0. The van der Waals surface area contributed by atoms with Crippen LogP contribution >= 0.6 is 15.6 Å². The summed E-state index contributed by atoms with van der Waals surface area (Å²) in [5, 5.41) is 10.7. The molecule has 0 heterocycles. The number of phosphoric ester groups is 2. The van der Waals surface area contributed by atoms with Gasteiger partial charge < -0.3 is 33.8 Å². The molecule has 0 bridgehead atoms. The fourth-order valence-electron chi connectivity index (χ4n) is 14.4. The van der Waals surface area contributed by atoms with Crippen LogP contribution < -0.4 is 0 Å². The van der Waals surface area contributed by atoms with Crippen molar-refractivity contribution in [3.05, 3.63) is 0 Å². The number of hydrogen-bond donors (Lipinski definition) is 3. The van der Waals surface area contributed by atoms with E-state index in [0.717, 1.165) is 95.8 Å². The van der Waals surface area contributed by atoms with Crippen LogP contribution in [0.4, 0.5) is 0 Å². The molecule has 0 aromatic heterocycles. The van der Waals surface area contributed by atoms with Crippen molar-refractivity contribution in [1.82, 2.24) is 0 Å². The second-order valence-corrected chi connectivity index (χ2v) is 36.1. The van der Waals surface area contributed by atoms with Gasteiger partial charge in [-0.05, 0) is 31.6 Å². The van der Waals surface area contributed by atoms with E-state index in [2.05, 4.69) is 34.6 Å². The zero-order chi connectivity index (χ0) is 80.4. The van der Waals surface area contributed by atoms with Gasteiger partial charge in [0.1, 0.15) is 19.3 Å². The van der Waals surface area contributed by atoms with Gasteiger partial charge in [-0.1, -0.05) is 446 Å². The lowest BCUT2D eigenvalue weighted by Crippen LogP contribution is -2.30. The minimum Gasteiger partial charge on any atom is -0.462 e. The topological polar surface area (TPSA) is 237 Å². The molecule has 0 saturated heterocycles. The van der Waals surface area contributed by atoms with Crippen molar-refractivity contribution < 1.29 is 80.2 Å². The number of ether oxygens (including phenoxy) is 4. The Morgan fingerprint density at radius 1 is 0.245 bits per heavy atom. The molecule has 0 spiro atoms. The van der Waals surface area contributed by atoms with Crippen molar-refractivity contribution >= 4 is 39.5 Å². The third kappa shape index (κ3) is 84.0. The van der Waals surface area contributed by atoms with Gasteiger partial charge in [-0.3, -0.25) is 37.3 Å². The molecule has 0 amide bonds. The Bertz CT molecular complexity index is 2080. The van der Waals surface area contributed by atoms with Crippen molar-refractivity contribution in [2.45, 2.75) is 515 Å². The standard InChI is InChI=1S/C91H178O17P2/c1-6-9-12-15-18-21-24-26-28-30-32-34-36-38-40-45-50-55-60-65-70-75-89(94)102-81-87(108-90(95)76-71-66-61-56-51-46-41-39-37-35-33-31-29-27-25-22-19-16-13-10-7-2)83-106-110(99,100)104-79-85(92)78-103-109(97,98)105-82-86(80-101-88(93)74-69-64-59-54-48-23-20-17-14-11-8-3)107-91(96)77-72-67-62-57-52-47-43-42-44-49-53-58-63-68-73-84(4)5/h84-87,92H,6-83H2,1-5H3,(H,97,98)(H,99,100)/t85-,86+,87+/m0/s1. The summed E-state index contributed by atoms with van der Waals surface area (Å²) in [6, 6.07) is 0. The molecule has 0 aromatic rings. The van der Waals surface area contributed by atoms with Crippen LogP contribution in [0.25, 0.3) is 0 Å². The number of carbonyl (C=O) groups excluding carboxylic acids is 4. The summed E-state index contributed by atoms with van der Waals surface area (Å²) < 4.78 is 69.1. The third-order valence-corrected chi connectivity index (χ3v) is 23.4. The van der Waals surface area contributed by atoms with E-state index in [0.29, 0.717) is 25.7 Å². The molecule has 0 saturated carbocycles. The number of aliphatic hydroxyl groups excluding tert-OH is 1. The summed E-state index contributed by atoms with van der Waals surface area (Å²) in [5.74, 6) is -1.30. The number of aliphatic hydroxyl groups is 1. The monoisotopic (exact) mass is 1610 g/mol. The lowest BCUT2D eigenvalue weighted by Gasteiger charge is -2.21. The highest BCUT2D eigenvalue weighted by Crippen LogP contribution is 2.45. The average Bonchev–Trinajstić information content (AvgIpc) is 0.899. The summed E-state index contributed by atoms with van der Waals surface area (Å²) in [6.07, 6.45) is 79.3. The van der Waals surface area contributed by atoms with Crippen LogP contribution in [0.5, 0.6) is 0 Å². The van der Waals surface area contributed by atoms with Crippen molar-refractivity contribution in [1.29, 1.82) is 0 Å². The van der Waals surface area contributed by atoms with Crippen molar-refractivity contribution in [2.24, 2.45) is 5.92 Å². The molecule has 5 atom stereocenters. The smallest absolute Gasteiger partial charge is 0.462 e. The predicted octanol–water partition coefficient (Wildman–Crippen LogP) is 28.3. The van der Waals surface area contributed by atoms with Crippen molar-refractivity contribution in [3.63, 3.8) is 0 Å². The number of phosphoric acid groups is 2. The van der Waals surface area contributed by atoms with Crippen molar-refractivity contribution in [2.75, 3.05) is 39.6 Å².